The summed E-state index contributed by atoms with van der Waals surface area (Å²) in [7, 11) is 4.46. The smallest absolute Gasteiger partial charge is 0.0473 e. The molecule has 3 nitrogen and oxygen atoms in total. The molecule has 0 bridgehead atoms. The van der Waals surface area contributed by atoms with Crippen molar-refractivity contribution < 1.29 is 0 Å². The lowest BCUT2D eigenvalue weighted by atomic mass is 9.92. The summed E-state index contributed by atoms with van der Waals surface area (Å²) in [6.07, 6.45) is 2.29. The molecule has 0 radical (unpaired) electrons. The van der Waals surface area contributed by atoms with E-state index in [1.165, 1.54) is 11.3 Å². The SMILES string of the molecule is CC1CC(CN)(N(C)C(C)Cc2cccs2)CN1C. The Bertz CT molecular complexity index is 380. The zero-order valence-corrected chi connectivity index (χ0v) is 13.4. The number of hydrogen-bond acceptors (Lipinski definition) is 4. The van der Waals surface area contributed by atoms with Crippen LogP contribution in [0.3, 0.4) is 0 Å². The van der Waals surface area contributed by atoms with E-state index in [1.807, 2.05) is 11.3 Å². The van der Waals surface area contributed by atoms with Crippen LogP contribution in [0, 0.1) is 0 Å². The molecule has 1 aromatic heterocycles. The van der Waals surface area contributed by atoms with Crippen molar-refractivity contribution in [2.75, 3.05) is 27.2 Å². The van der Waals surface area contributed by atoms with E-state index in [0.717, 1.165) is 19.5 Å². The summed E-state index contributed by atoms with van der Waals surface area (Å²) >= 11 is 1.85. The third kappa shape index (κ3) is 3.02. The molecule has 19 heavy (non-hydrogen) atoms. The topological polar surface area (TPSA) is 32.5 Å². The Kier molecular flexibility index (Phi) is 4.66. The van der Waals surface area contributed by atoms with Gasteiger partial charge in [-0.1, -0.05) is 6.07 Å². The number of nitrogens with zero attached hydrogens (tertiary/aromatic N) is 2. The Hall–Kier alpha value is -0.420. The molecular formula is C15H27N3S. The zero-order chi connectivity index (χ0) is 14.0. The molecule has 1 saturated heterocycles. The molecule has 2 rings (SSSR count). The van der Waals surface area contributed by atoms with Crippen LogP contribution in [0.1, 0.15) is 25.1 Å². The lowest BCUT2D eigenvalue weighted by Crippen LogP contribution is -2.57. The number of likely N-dealkylation sites (tertiary alicyclic amines) is 1. The van der Waals surface area contributed by atoms with Gasteiger partial charge in [0.15, 0.2) is 0 Å². The summed E-state index contributed by atoms with van der Waals surface area (Å²) in [5, 5.41) is 2.16. The van der Waals surface area contributed by atoms with Gasteiger partial charge in [0.2, 0.25) is 0 Å². The monoisotopic (exact) mass is 281 g/mol. The Morgan fingerprint density at radius 3 is 2.84 bits per heavy atom. The van der Waals surface area contributed by atoms with E-state index < -0.39 is 0 Å². The van der Waals surface area contributed by atoms with Gasteiger partial charge in [0.05, 0.1) is 0 Å². The van der Waals surface area contributed by atoms with Crippen molar-refractivity contribution in [1.82, 2.24) is 9.80 Å². The molecule has 1 aromatic rings. The van der Waals surface area contributed by atoms with Gasteiger partial charge in [0.25, 0.3) is 0 Å². The molecular weight excluding hydrogens is 254 g/mol. The molecule has 108 valence electrons. The van der Waals surface area contributed by atoms with E-state index in [-0.39, 0.29) is 5.54 Å². The Balaban J connectivity index is 2.06. The van der Waals surface area contributed by atoms with E-state index in [2.05, 4.69) is 55.3 Å². The van der Waals surface area contributed by atoms with Gasteiger partial charge >= 0.3 is 0 Å². The van der Waals surface area contributed by atoms with Crippen LogP contribution in [-0.4, -0.2) is 54.6 Å². The summed E-state index contributed by atoms with van der Waals surface area (Å²) in [6.45, 7) is 6.44. The number of nitrogens with two attached hydrogens (primary N) is 1. The summed E-state index contributed by atoms with van der Waals surface area (Å²) in [6, 6.07) is 5.52. The van der Waals surface area contributed by atoms with Crippen LogP contribution in [0.2, 0.25) is 0 Å². The molecule has 0 aromatic carbocycles. The highest BCUT2D eigenvalue weighted by Gasteiger charge is 2.43. The van der Waals surface area contributed by atoms with Gasteiger partial charge in [0.1, 0.15) is 0 Å². The van der Waals surface area contributed by atoms with Gasteiger partial charge in [-0.05, 0) is 52.2 Å². The normalized spacial score (nSPS) is 30.1. The van der Waals surface area contributed by atoms with E-state index in [4.69, 9.17) is 5.73 Å². The molecule has 1 aliphatic heterocycles. The molecule has 1 aliphatic rings. The first-order chi connectivity index (χ1) is 8.98. The number of likely N-dealkylation sites (N-methyl/N-ethyl adjacent to an activating group) is 2. The van der Waals surface area contributed by atoms with Crippen molar-refractivity contribution in [3.8, 4) is 0 Å². The van der Waals surface area contributed by atoms with Crippen molar-refractivity contribution in [3.05, 3.63) is 22.4 Å². The van der Waals surface area contributed by atoms with Crippen LogP contribution in [0.15, 0.2) is 17.5 Å². The van der Waals surface area contributed by atoms with Crippen molar-refractivity contribution in [2.45, 2.75) is 44.3 Å². The summed E-state index contributed by atoms with van der Waals surface area (Å²) in [5.74, 6) is 0. The average molecular weight is 281 g/mol. The fourth-order valence-electron chi connectivity index (χ4n) is 3.26. The highest BCUT2D eigenvalue weighted by molar-refractivity contribution is 7.09. The van der Waals surface area contributed by atoms with Gasteiger partial charge < -0.3 is 10.6 Å². The Morgan fingerprint density at radius 1 is 1.63 bits per heavy atom. The molecule has 2 N–H and O–H groups in total. The van der Waals surface area contributed by atoms with Gasteiger partial charge in [-0.2, -0.15) is 0 Å². The summed E-state index contributed by atoms with van der Waals surface area (Å²) in [4.78, 5) is 6.42. The first-order valence-corrected chi connectivity index (χ1v) is 8.02. The van der Waals surface area contributed by atoms with Crippen molar-refractivity contribution in [1.29, 1.82) is 0 Å². The van der Waals surface area contributed by atoms with Crippen LogP contribution >= 0.6 is 11.3 Å². The highest BCUT2D eigenvalue weighted by Crippen LogP contribution is 2.32. The first-order valence-electron chi connectivity index (χ1n) is 7.14. The van der Waals surface area contributed by atoms with Crippen LogP contribution < -0.4 is 5.73 Å². The maximum absolute atomic E-state index is 6.14. The molecule has 3 atom stereocenters. The number of thiophene rings is 1. The predicted molar refractivity (Wildman–Crippen MR) is 83.7 cm³/mol. The lowest BCUT2D eigenvalue weighted by molar-refractivity contribution is 0.0924. The second-order valence-electron chi connectivity index (χ2n) is 6.14. The van der Waals surface area contributed by atoms with Crippen LogP contribution in [-0.2, 0) is 6.42 Å². The third-order valence-corrected chi connectivity index (χ3v) is 5.74. The van der Waals surface area contributed by atoms with Crippen molar-refractivity contribution >= 4 is 11.3 Å². The maximum atomic E-state index is 6.14. The van der Waals surface area contributed by atoms with E-state index >= 15 is 0 Å². The van der Waals surface area contributed by atoms with Gasteiger partial charge in [-0.15, -0.1) is 11.3 Å². The van der Waals surface area contributed by atoms with Crippen molar-refractivity contribution in [3.63, 3.8) is 0 Å². The van der Waals surface area contributed by atoms with E-state index in [9.17, 15) is 0 Å². The highest BCUT2D eigenvalue weighted by atomic mass is 32.1. The minimum Gasteiger partial charge on any atom is -0.329 e. The van der Waals surface area contributed by atoms with E-state index in [1.54, 1.807) is 0 Å². The zero-order valence-electron chi connectivity index (χ0n) is 12.6. The summed E-state index contributed by atoms with van der Waals surface area (Å²) < 4.78 is 0. The van der Waals surface area contributed by atoms with Crippen LogP contribution in [0.25, 0.3) is 0 Å². The molecule has 0 saturated carbocycles. The predicted octanol–water partition coefficient (Wildman–Crippen LogP) is 2.03. The molecule has 1 fully saturated rings. The van der Waals surface area contributed by atoms with Gasteiger partial charge in [-0.3, -0.25) is 4.90 Å². The molecule has 0 amide bonds. The number of hydrogen-bond donors (Lipinski definition) is 1. The molecule has 0 aliphatic carbocycles. The second-order valence-corrected chi connectivity index (χ2v) is 7.17. The van der Waals surface area contributed by atoms with E-state index in [0.29, 0.717) is 12.1 Å². The first kappa shape index (κ1) is 15.0. The van der Waals surface area contributed by atoms with Gasteiger partial charge in [-0.25, -0.2) is 0 Å². The Labute approximate surface area is 121 Å². The fourth-order valence-corrected chi connectivity index (χ4v) is 4.09. The minimum atomic E-state index is 0.144. The van der Waals surface area contributed by atoms with Crippen molar-refractivity contribution in [2.24, 2.45) is 5.73 Å². The molecule has 3 unspecified atom stereocenters. The number of rotatable bonds is 5. The van der Waals surface area contributed by atoms with Crippen LogP contribution in [0.4, 0.5) is 0 Å². The average Bonchev–Trinajstić information content (AvgIpc) is 2.98. The minimum absolute atomic E-state index is 0.144. The lowest BCUT2D eigenvalue weighted by Gasteiger charge is -2.41. The summed E-state index contributed by atoms with van der Waals surface area (Å²) in [5.41, 5.74) is 6.28. The van der Waals surface area contributed by atoms with Gasteiger partial charge in [0, 0.05) is 35.6 Å². The molecule has 2 heterocycles. The van der Waals surface area contributed by atoms with Crippen LogP contribution in [0.5, 0.6) is 0 Å². The molecule has 4 heteroatoms. The fraction of sp³-hybridized carbons (Fsp3) is 0.733. The maximum Gasteiger partial charge on any atom is 0.0473 e. The largest absolute Gasteiger partial charge is 0.329 e. The Morgan fingerprint density at radius 2 is 2.37 bits per heavy atom. The second kappa shape index (κ2) is 5.92. The quantitative estimate of drug-likeness (QED) is 0.896. The molecule has 0 spiro atoms. The standard InChI is InChI=1S/C15H27N3S/c1-12(8-14-6-5-7-19-14)18(4)15(10-16)9-13(2)17(3)11-15/h5-7,12-13H,8-11,16H2,1-4H3. The third-order valence-electron chi connectivity index (χ3n) is 4.84.